The third-order valence-electron chi connectivity index (χ3n) is 3.44. The summed E-state index contributed by atoms with van der Waals surface area (Å²) in [5.41, 5.74) is 2.73. The molecule has 1 aliphatic heterocycles. The molecule has 0 saturated heterocycles. The number of likely N-dealkylation sites (N-methyl/N-ethyl adjacent to an activating group) is 1. The van der Waals surface area contributed by atoms with Gasteiger partial charge in [0.25, 0.3) is 0 Å². The summed E-state index contributed by atoms with van der Waals surface area (Å²) >= 11 is 11.6. The first kappa shape index (κ1) is 17.4. The zero-order valence-electron chi connectivity index (χ0n) is 12.3. The molecule has 3 rings (SSSR count). The van der Waals surface area contributed by atoms with E-state index in [1.165, 1.54) is 26.6 Å². The van der Waals surface area contributed by atoms with Crippen LogP contribution < -0.4 is 0 Å². The maximum atomic E-state index is 9.06. The average molecular weight is 399 g/mol. The monoisotopic (exact) mass is 397 g/mol. The van der Waals surface area contributed by atoms with E-state index in [-0.39, 0.29) is 0 Å². The summed E-state index contributed by atoms with van der Waals surface area (Å²) in [4.78, 5) is 12.8. The smallest absolute Gasteiger partial charge is 0.142 e. The Kier molecular flexibility index (Phi) is 6.38. The van der Waals surface area contributed by atoms with Crippen LogP contribution in [-0.4, -0.2) is 24.8 Å². The van der Waals surface area contributed by atoms with Crippen LogP contribution in [-0.2, 0) is 11.3 Å². The van der Waals surface area contributed by atoms with Crippen LogP contribution in [0.1, 0.15) is 21.9 Å². The van der Waals surface area contributed by atoms with Crippen molar-refractivity contribution >= 4 is 45.2 Å². The Labute approximate surface area is 148 Å². The second-order valence-corrected chi connectivity index (χ2v) is 7.65. The summed E-state index contributed by atoms with van der Waals surface area (Å²) in [5, 5.41) is 0. The summed E-state index contributed by atoms with van der Waals surface area (Å²) in [7, 11) is 2.17. The number of benzene rings is 1. The summed E-state index contributed by atoms with van der Waals surface area (Å²) in [6.45, 7) is 5.16. The molecule has 1 aromatic carbocycles. The van der Waals surface area contributed by atoms with E-state index >= 15 is 0 Å². The van der Waals surface area contributed by atoms with Gasteiger partial charge in [-0.1, -0.05) is 52.3 Å². The number of carbonyl (C=O) groups excluding carboxylic acids is 1. The van der Waals surface area contributed by atoms with Crippen LogP contribution in [0.4, 0.5) is 0 Å². The van der Waals surface area contributed by atoms with E-state index < -0.39 is 0 Å². The molecule has 0 amide bonds. The van der Waals surface area contributed by atoms with Gasteiger partial charge in [-0.25, -0.2) is 0 Å². The Morgan fingerprint density at radius 3 is 2.77 bits per heavy atom. The maximum Gasteiger partial charge on any atom is 0.142 e. The van der Waals surface area contributed by atoms with E-state index in [1.54, 1.807) is 11.3 Å². The van der Waals surface area contributed by atoms with Crippen LogP contribution in [0, 0.1) is 0 Å². The van der Waals surface area contributed by atoms with E-state index in [4.69, 9.17) is 16.4 Å². The van der Waals surface area contributed by atoms with E-state index in [9.17, 15) is 0 Å². The summed E-state index contributed by atoms with van der Waals surface area (Å²) in [5.74, 6) is 0.423. The van der Waals surface area contributed by atoms with Crippen molar-refractivity contribution in [1.82, 2.24) is 4.90 Å². The minimum absolute atomic E-state index is 0.423. The van der Waals surface area contributed by atoms with Crippen molar-refractivity contribution < 1.29 is 4.79 Å². The molecule has 1 aliphatic rings. The molecule has 0 saturated carbocycles. The first-order valence-electron chi connectivity index (χ1n) is 6.84. The van der Waals surface area contributed by atoms with Crippen LogP contribution in [0.15, 0.2) is 47.5 Å². The van der Waals surface area contributed by atoms with Crippen LogP contribution in [0.5, 0.6) is 0 Å². The number of rotatable bonds is 2. The molecular formula is C17H17BrClNOS. The lowest BCUT2D eigenvalue weighted by Gasteiger charge is -2.30. The second-order valence-electron chi connectivity index (χ2n) is 5.08. The van der Waals surface area contributed by atoms with Crippen LogP contribution in [0.3, 0.4) is 0 Å². The van der Waals surface area contributed by atoms with Crippen LogP contribution in [0.2, 0.25) is 4.34 Å². The third-order valence-corrected chi connectivity index (χ3v) is 5.58. The van der Waals surface area contributed by atoms with Crippen molar-refractivity contribution in [2.45, 2.75) is 12.5 Å². The lowest BCUT2D eigenvalue weighted by Crippen LogP contribution is -2.29. The fourth-order valence-corrected chi connectivity index (χ4v) is 4.53. The van der Waals surface area contributed by atoms with Gasteiger partial charge in [-0.15, -0.1) is 11.3 Å². The van der Waals surface area contributed by atoms with Gasteiger partial charge in [0.2, 0.25) is 0 Å². The van der Waals surface area contributed by atoms with E-state index in [0.717, 1.165) is 17.4 Å². The van der Waals surface area contributed by atoms with Gasteiger partial charge in [0.15, 0.2) is 0 Å². The van der Waals surface area contributed by atoms with Gasteiger partial charge in [-0.2, -0.15) is 0 Å². The van der Waals surface area contributed by atoms with Crippen molar-refractivity contribution in [3.8, 4) is 0 Å². The summed E-state index contributed by atoms with van der Waals surface area (Å²) < 4.78 is 2.08. The minimum Gasteiger partial charge on any atom is -0.301 e. The highest BCUT2D eigenvalue weighted by Gasteiger charge is 2.28. The van der Waals surface area contributed by atoms with Crippen molar-refractivity contribution in [3.63, 3.8) is 0 Å². The predicted octanol–water partition coefficient (Wildman–Crippen LogP) is 5.11. The van der Waals surface area contributed by atoms with Gasteiger partial charge < -0.3 is 4.90 Å². The Morgan fingerprint density at radius 2 is 2.14 bits per heavy atom. The molecule has 2 heterocycles. The van der Waals surface area contributed by atoms with Gasteiger partial charge in [-0.05, 0) is 36.4 Å². The standard InChI is InChI=1S/C14H13BrClNS.C3H4O/c1-17-7-9-6-13(16)18-14(9)11(8-17)10-4-2-3-5-12(10)15;1-2-3-4/h2-6,11H,7-8H2,1H3;2-3H,1H2. The molecule has 22 heavy (non-hydrogen) atoms. The lowest BCUT2D eigenvalue weighted by atomic mass is 9.91. The highest BCUT2D eigenvalue weighted by molar-refractivity contribution is 9.10. The SMILES string of the molecule is C=CC=O.CN1Cc2cc(Cl)sc2C(c2ccccc2Br)C1. The zero-order chi connectivity index (χ0) is 16.1. The van der Waals surface area contributed by atoms with Crippen LogP contribution in [0.25, 0.3) is 0 Å². The molecule has 0 radical (unpaired) electrons. The van der Waals surface area contributed by atoms with E-state index in [0.29, 0.717) is 12.2 Å². The molecule has 0 fully saturated rings. The van der Waals surface area contributed by atoms with Gasteiger partial charge in [0.05, 0.1) is 4.34 Å². The highest BCUT2D eigenvalue weighted by Crippen LogP contribution is 2.42. The molecule has 5 heteroatoms. The van der Waals surface area contributed by atoms with Crippen molar-refractivity contribution in [2.75, 3.05) is 13.6 Å². The number of fused-ring (bicyclic) bond motifs is 1. The molecule has 0 bridgehead atoms. The molecule has 2 aromatic rings. The lowest BCUT2D eigenvalue weighted by molar-refractivity contribution is -0.104. The number of nitrogens with zero attached hydrogens (tertiary/aromatic N) is 1. The maximum absolute atomic E-state index is 9.06. The van der Waals surface area contributed by atoms with Crippen LogP contribution >= 0.6 is 38.9 Å². The zero-order valence-corrected chi connectivity index (χ0v) is 15.4. The first-order valence-corrected chi connectivity index (χ1v) is 8.82. The number of hydrogen-bond acceptors (Lipinski definition) is 3. The number of thiophene rings is 1. The summed E-state index contributed by atoms with van der Waals surface area (Å²) in [6, 6.07) is 10.6. The average Bonchev–Trinajstić information content (AvgIpc) is 2.87. The molecule has 0 N–H and O–H groups in total. The number of aldehydes is 1. The second kappa shape index (κ2) is 8.06. The Morgan fingerprint density at radius 1 is 1.45 bits per heavy atom. The van der Waals surface area contributed by atoms with Gasteiger partial charge in [-0.3, -0.25) is 4.79 Å². The molecule has 1 unspecified atom stereocenters. The molecule has 1 aromatic heterocycles. The molecule has 116 valence electrons. The Balaban J connectivity index is 0.000000396. The number of halogens is 2. The molecule has 1 atom stereocenters. The fraction of sp³-hybridized carbons (Fsp3) is 0.235. The normalized spacial score (nSPS) is 17.1. The molecule has 0 spiro atoms. The quantitative estimate of drug-likeness (QED) is 0.517. The Bertz CT molecular complexity index is 664. The largest absolute Gasteiger partial charge is 0.301 e. The third kappa shape index (κ3) is 4.07. The predicted molar refractivity (Wildman–Crippen MR) is 97.9 cm³/mol. The minimum atomic E-state index is 0.423. The van der Waals surface area contributed by atoms with E-state index in [1.807, 2.05) is 0 Å². The fourth-order valence-electron chi connectivity index (χ4n) is 2.57. The van der Waals surface area contributed by atoms with Crippen molar-refractivity contribution in [1.29, 1.82) is 0 Å². The van der Waals surface area contributed by atoms with Crippen molar-refractivity contribution in [3.05, 3.63) is 67.8 Å². The summed E-state index contributed by atoms with van der Waals surface area (Å²) in [6.07, 6.45) is 1.83. The Hall–Kier alpha value is -0.940. The van der Waals surface area contributed by atoms with Gasteiger partial charge in [0, 0.05) is 28.4 Å². The van der Waals surface area contributed by atoms with Crippen molar-refractivity contribution in [2.24, 2.45) is 0 Å². The topological polar surface area (TPSA) is 20.3 Å². The number of carbonyl (C=O) groups is 1. The molecule has 0 aliphatic carbocycles. The number of allylic oxidation sites excluding steroid dienone is 1. The molecular weight excluding hydrogens is 382 g/mol. The van der Waals surface area contributed by atoms with Gasteiger partial charge in [0.1, 0.15) is 6.29 Å². The van der Waals surface area contributed by atoms with E-state index in [2.05, 4.69) is 64.8 Å². The first-order chi connectivity index (χ1) is 10.6. The van der Waals surface area contributed by atoms with Gasteiger partial charge >= 0.3 is 0 Å². The number of hydrogen-bond donors (Lipinski definition) is 0. The molecule has 2 nitrogen and oxygen atoms in total. The highest BCUT2D eigenvalue weighted by atomic mass is 79.9.